The third-order valence-electron chi connectivity index (χ3n) is 4.37. The summed E-state index contributed by atoms with van der Waals surface area (Å²) in [6.45, 7) is 5.57. The molecule has 0 aromatic heterocycles. The van der Waals surface area contributed by atoms with Crippen molar-refractivity contribution < 1.29 is 4.74 Å². The van der Waals surface area contributed by atoms with E-state index in [0.717, 1.165) is 30.8 Å². The Morgan fingerprint density at radius 2 is 2.00 bits per heavy atom. The van der Waals surface area contributed by atoms with Crippen LogP contribution in [0.4, 0.5) is 0 Å². The van der Waals surface area contributed by atoms with Gasteiger partial charge in [0, 0.05) is 12.6 Å². The van der Waals surface area contributed by atoms with Gasteiger partial charge in [-0.3, -0.25) is 4.90 Å². The maximum absolute atomic E-state index is 5.20. The fraction of sp³-hybridized carbons (Fsp3) is 0.647. The number of methoxy groups -OCH3 is 1. The zero-order valence-electron chi connectivity index (χ0n) is 13.1. The molecule has 3 nitrogen and oxygen atoms in total. The highest BCUT2D eigenvalue weighted by atomic mass is 16.5. The molecule has 1 N–H and O–H groups in total. The second-order valence-electron chi connectivity index (χ2n) is 5.87. The average Bonchev–Trinajstić information content (AvgIpc) is 2.43. The number of nitrogens with zero attached hydrogens (tertiary/aromatic N) is 1. The molecule has 0 bridgehead atoms. The average molecular weight is 276 g/mol. The van der Waals surface area contributed by atoms with Crippen LogP contribution in [0.2, 0.25) is 0 Å². The predicted octanol–water partition coefficient (Wildman–Crippen LogP) is 2.91. The standard InChI is InChI=1S/C17H28N2O/c1-4-11-18-12-15-7-10-17(15)19(2)13-14-5-8-16(20-3)9-6-14/h5-6,8-9,15,17-18H,4,7,10-13H2,1-3H3. The Labute approximate surface area is 123 Å². The molecule has 1 aliphatic rings. The van der Waals surface area contributed by atoms with Crippen molar-refractivity contribution in [3.05, 3.63) is 29.8 Å². The topological polar surface area (TPSA) is 24.5 Å². The molecule has 1 aromatic rings. The summed E-state index contributed by atoms with van der Waals surface area (Å²) < 4.78 is 5.20. The minimum absolute atomic E-state index is 0.737. The lowest BCUT2D eigenvalue weighted by molar-refractivity contribution is 0.0782. The maximum Gasteiger partial charge on any atom is 0.118 e. The second kappa shape index (κ2) is 7.65. The van der Waals surface area contributed by atoms with Gasteiger partial charge in [0.25, 0.3) is 0 Å². The molecule has 2 unspecified atom stereocenters. The van der Waals surface area contributed by atoms with Crippen molar-refractivity contribution in [3.8, 4) is 5.75 Å². The second-order valence-corrected chi connectivity index (χ2v) is 5.87. The summed E-state index contributed by atoms with van der Waals surface area (Å²) in [6.07, 6.45) is 3.93. The van der Waals surface area contributed by atoms with Gasteiger partial charge in [0.05, 0.1) is 7.11 Å². The lowest BCUT2D eigenvalue weighted by Gasteiger charge is -2.43. The number of hydrogen-bond donors (Lipinski definition) is 1. The van der Waals surface area contributed by atoms with Gasteiger partial charge in [-0.15, -0.1) is 0 Å². The number of nitrogens with one attached hydrogen (secondary N) is 1. The molecule has 0 aliphatic heterocycles. The van der Waals surface area contributed by atoms with Crippen LogP contribution in [0, 0.1) is 5.92 Å². The van der Waals surface area contributed by atoms with E-state index in [1.807, 2.05) is 12.1 Å². The van der Waals surface area contributed by atoms with Crippen molar-refractivity contribution in [2.75, 3.05) is 27.2 Å². The summed E-state index contributed by atoms with van der Waals surface area (Å²) in [5.41, 5.74) is 1.36. The molecule has 0 spiro atoms. The van der Waals surface area contributed by atoms with E-state index in [2.05, 4.69) is 36.3 Å². The van der Waals surface area contributed by atoms with E-state index in [-0.39, 0.29) is 0 Å². The first-order chi connectivity index (χ1) is 9.74. The van der Waals surface area contributed by atoms with Crippen LogP contribution in [-0.2, 0) is 6.54 Å². The van der Waals surface area contributed by atoms with Crippen molar-refractivity contribution in [3.63, 3.8) is 0 Å². The smallest absolute Gasteiger partial charge is 0.118 e. The van der Waals surface area contributed by atoms with Gasteiger partial charge in [0.15, 0.2) is 0 Å². The zero-order chi connectivity index (χ0) is 14.4. The Kier molecular flexibility index (Phi) is 5.86. The van der Waals surface area contributed by atoms with Crippen molar-refractivity contribution >= 4 is 0 Å². The van der Waals surface area contributed by atoms with Crippen LogP contribution >= 0.6 is 0 Å². The molecule has 3 heteroatoms. The largest absolute Gasteiger partial charge is 0.497 e. The van der Waals surface area contributed by atoms with Crippen molar-refractivity contribution in [1.29, 1.82) is 0 Å². The summed E-state index contributed by atoms with van der Waals surface area (Å²) in [6, 6.07) is 9.16. The predicted molar refractivity (Wildman–Crippen MR) is 84.1 cm³/mol. The first-order valence-electron chi connectivity index (χ1n) is 7.78. The molecular formula is C17H28N2O. The van der Waals surface area contributed by atoms with Gasteiger partial charge in [0.2, 0.25) is 0 Å². The molecule has 1 aromatic carbocycles. The molecule has 1 saturated carbocycles. The van der Waals surface area contributed by atoms with Crippen LogP contribution in [0.15, 0.2) is 24.3 Å². The summed E-state index contributed by atoms with van der Waals surface area (Å²) in [5, 5.41) is 3.56. The van der Waals surface area contributed by atoms with Crippen LogP contribution in [0.5, 0.6) is 5.75 Å². The number of hydrogen-bond acceptors (Lipinski definition) is 3. The lowest BCUT2D eigenvalue weighted by Crippen LogP contribution is -2.48. The van der Waals surface area contributed by atoms with Crippen molar-refractivity contribution in [2.24, 2.45) is 5.92 Å². The van der Waals surface area contributed by atoms with Gasteiger partial charge in [0.1, 0.15) is 5.75 Å². The first kappa shape index (κ1) is 15.3. The fourth-order valence-electron chi connectivity index (χ4n) is 2.97. The molecule has 1 aliphatic carbocycles. The van der Waals surface area contributed by atoms with Crippen LogP contribution in [0.1, 0.15) is 31.7 Å². The zero-order valence-corrected chi connectivity index (χ0v) is 13.1. The van der Waals surface area contributed by atoms with Crippen molar-refractivity contribution in [2.45, 2.75) is 38.8 Å². The van der Waals surface area contributed by atoms with E-state index in [0.29, 0.717) is 0 Å². The van der Waals surface area contributed by atoms with Gasteiger partial charge < -0.3 is 10.1 Å². The van der Waals surface area contributed by atoms with Gasteiger partial charge in [-0.05, 0) is 63.0 Å². The number of ether oxygens (including phenoxy) is 1. The van der Waals surface area contributed by atoms with Gasteiger partial charge in [-0.1, -0.05) is 19.1 Å². The molecule has 0 heterocycles. The highest BCUT2D eigenvalue weighted by molar-refractivity contribution is 5.27. The number of rotatable bonds is 8. The minimum Gasteiger partial charge on any atom is -0.497 e. The quantitative estimate of drug-likeness (QED) is 0.739. The van der Waals surface area contributed by atoms with E-state index >= 15 is 0 Å². The van der Waals surface area contributed by atoms with E-state index in [4.69, 9.17) is 4.74 Å². The molecule has 0 amide bonds. The third kappa shape index (κ3) is 3.97. The molecule has 0 saturated heterocycles. The van der Waals surface area contributed by atoms with E-state index < -0.39 is 0 Å². The number of benzene rings is 1. The Balaban J connectivity index is 1.80. The molecule has 20 heavy (non-hydrogen) atoms. The van der Waals surface area contributed by atoms with Crippen LogP contribution in [-0.4, -0.2) is 38.2 Å². The SMILES string of the molecule is CCCNCC1CCC1N(C)Cc1ccc(OC)cc1. The molecule has 2 atom stereocenters. The normalized spacial score (nSPS) is 21.8. The highest BCUT2D eigenvalue weighted by Crippen LogP contribution is 2.31. The highest BCUT2D eigenvalue weighted by Gasteiger charge is 2.33. The molecule has 2 rings (SSSR count). The monoisotopic (exact) mass is 276 g/mol. The Morgan fingerprint density at radius 3 is 2.55 bits per heavy atom. The Bertz CT molecular complexity index is 390. The maximum atomic E-state index is 5.20. The van der Waals surface area contributed by atoms with Gasteiger partial charge >= 0.3 is 0 Å². The summed E-state index contributed by atoms with van der Waals surface area (Å²) in [7, 11) is 3.96. The molecule has 112 valence electrons. The lowest BCUT2D eigenvalue weighted by atomic mass is 9.78. The van der Waals surface area contributed by atoms with Gasteiger partial charge in [-0.2, -0.15) is 0 Å². The van der Waals surface area contributed by atoms with Crippen LogP contribution in [0.3, 0.4) is 0 Å². The Hall–Kier alpha value is -1.06. The van der Waals surface area contributed by atoms with Crippen LogP contribution in [0.25, 0.3) is 0 Å². The van der Waals surface area contributed by atoms with E-state index in [1.165, 1.54) is 31.4 Å². The van der Waals surface area contributed by atoms with Crippen molar-refractivity contribution in [1.82, 2.24) is 10.2 Å². The Morgan fingerprint density at radius 1 is 1.25 bits per heavy atom. The molecule has 1 fully saturated rings. The van der Waals surface area contributed by atoms with Gasteiger partial charge in [-0.25, -0.2) is 0 Å². The summed E-state index contributed by atoms with van der Waals surface area (Å²) in [5.74, 6) is 1.76. The molecule has 0 radical (unpaired) electrons. The fourth-order valence-corrected chi connectivity index (χ4v) is 2.97. The van der Waals surface area contributed by atoms with E-state index in [9.17, 15) is 0 Å². The van der Waals surface area contributed by atoms with E-state index in [1.54, 1.807) is 7.11 Å². The van der Waals surface area contributed by atoms with Crippen LogP contribution < -0.4 is 10.1 Å². The molecular weight excluding hydrogens is 248 g/mol. The first-order valence-corrected chi connectivity index (χ1v) is 7.78. The summed E-state index contributed by atoms with van der Waals surface area (Å²) >= 11 is 0. The minimum atomic E-state index is 0.737. The summed E-state index contributed by atoms with van der Waals surface area (Å²) in [4.78, 5) is 2.50. The third-order valence-corrected chi connectivity index (χ3v) is 4.37.